The van der Waals surface area contributed by atoms with Crippen molar-refractivity contribution >= 4 is 17.3 Å². The molecule has 0 spiro atoms. The van der Waals surface area contributed by atoms with Gasteiger partial charge in [0.1, 0.15) is 5.75 Å². The van der Waals surface area contributed by atoms with Gasteiger partial charge in [0.25, 0.3) is 5.91 Å². The van der Waals surface area contributed by atoms with E-state index in [0.29, 0.717) is 28.5 Å². The van der Waals surface area contributed by atoms with Gasteiger partial charge in [0, 0.05) is 17.7 Å². The fourth-order valence-corrected chi connectivity index (χ4v) is 2.67. The third kappa shape index (κ3) is 5.09. The van der Waals surface area contributed by atoms with E-state index >= 15 is 0 Å². The molecule has 29 heavy (non-hydrogen) atoms. The number of hydrogen-bond acceptors (Lipinski definition) is 6. The summed E-state index contributed by atoms with van der Waals surface area (Å²) in [6.07, 6.45) is -5.43. The van der Waals surface area contributed by atoms with E-state index in [1.54, 1.807) is 18.2 Å². The van der Waals surface area contributed by atoms with Crippen LogP contribution in [0.2, 0.25) is 0 Å². The Kier molecular flexibility index (Phi) is 5.81. The highest BCUT2D eigenvalue weighted by molar-refractivity contribution is 6.06. The number of ether oxygens (including phenoxy) is 3. The highest BCUT2D eigenvalue weighted by atomic mass is 19.4. The number of rotatable bonds is 6. The number of nitrogens with one attached hydrogen (secondary N) is 1. The van der Waals surface area contributed by atoms with E-state index in [9.17, 15) is 18.0 Å². The first-order chi connectivity index (χ1) is 13.8. The van der Waals surface area contributed by atoms with Crippen molar-refractivity contribution in [2.24, 2.45) is 5.16 Å². The molecule has 10 heteroatoms. The Morgan fingerprint density at radius 2 is 1.79 bits per heavy atom. The topological polar surface area (TPSA) is 78.4 Å². The van der Waals surface area contributed by atoms with Crippen LogP contribution in [0.25, 0.3) is 0 Å². The Bertz CT molecular complexity index is 913. The fourth-order valence-electron chi connectivity index (χ4n) is 2.67. The number of nitrogens with zero attached hydrogens (tertiary/aromatic N) is 1. The van der Waals surface area contributed by atoms with Gasteiger partial charge in [0.2, 0.25) is 6.10 Å². The first-order valence-electron chi connectivity index (χ1n) is 8.41. The molecule has 1 atom stereocenters. The minimum atomic E-state index is -4.78. The Hall–Kier alpha value is -3.43. The fraction of sp³-hybridized carbons (Fsp3) is 0.263. The lowest BCUT2D eigenvalue weighted by atomic mass is 10.0. The quantitative estimate of drug-likeness (QED) is 0.785. The van der Waals surface area contributed by atoms with Gasteiger partial charge in [0.15, 0.2) is 11.5 Å². The first-order valence-corrected chi connectivity index (χ1v) is 8.41. The number of anilines is 1. The summed E-state index contributed by atoms with van der Waals surface area (Å²) in [4.78, 5) is 17.6. The number of oxime groups is 1. The number of halogens is 3. The third-order valence-electron chi connectivity index (χ3n) is 4.03. The zero-order valence-corrected chi connectivity index (χ0v) is 15.4. The van der Waals surface area contributed by atoms with Crippen LogP contribution < -0.4 is 19.5 Å². The number of carbonyl (C=O) groups excluding carboxylic acids is 1. The summed E-state index contributed by atoms with van der Waals surface area (Å²) in [6.45, 7) is 0. The maximum absolute atomic E-state index is 12.4. The number of amides is 1. The summed E-state index contributed by atoms with van der Waals surface area (Å²) >= 11 is 0. The zero-order valence-electron chi connectivity index (χ0n) is 15.4. The van der Waals surface area contributed by atoms with Gasteiger partial charge in [-0.25, -0.2) is 0 Å². The van der Waals surface area contributed by atoms with Gasteiger partial charge in [-0.2, -0.15) is 0 Å². The number of alkyl halides is 3. The standard InChI is InChI=1S/C19H17F3N2O5/c1-26-15-8-3-11(9-16(15)27-2)14-10-17(29-24-14)18(25)23-12-4-6-13(7-5-12)28-19(20,21)22/h3-9,17H,10H2,1-2H3,(H,23,25). The predicted octanol–water partition coefficient (Wildman–Crippen LogP) is 3.73. The minimum Gasteiger partial charge on any atom is -0.493 e. The van der Waals surface area contributed by atoms with Crippen molar-refractivity contribution in [1.29, 1.82) is 0 Å². The Morgan fingerprint density at radius 3 is 2.41 bits per heavy atom. The lowest BCUT2D eigenvalue weighted by Crippen LogP contribution is -2.28. The Labute approximate surface area is 164 Å². The third-order valence-corrected chi connectivity index (χ3v) is 4.03. The van der Waals surface area contributed by atoms with Crippen LogP contribution in [0.15, 0.2) is 47.6 Å². The molecule has 154 valence electrons. The van der Waals surface area contributed by atoms with E-state index in [1.807, 2.05) is 0 Å². The van der Waals surface area contributed by atoms with Crippen molar-refractivity contribution in [3.63, 3.8) is 0 Å². The second-order valence-corrected chi connectivity index (χ2v) is 5.97. The van der Waals surface area contributed by atoms with Gasteiger partial charge in [-0.1, -0.05) is 5.16 Å². The van der Waals surface area contributed by atoms with Crippen LogP contribution in [0.3, 0.4) is 0 Å². The summed E-state index contributed by atoms with van der Waals surface area (Å²) in [6, 6.07) is 10.0. The van der Waals surface area contributed by atoms with Crippen LogP contribution in [0, 0.1) is 0 Å². The summed E-state index contributed by atoms with van der Waals surface area (Å²) in [5, 5.41) is 6.52. The number of methoxy groups -OCH3 is 2. The van der Waals surface area contributed by atoms with E-state index in [-0.39, 0.29) is 12.2 Å². The molecule has 1 aliphatic heterocycles. The van der Waals surface area contributed by atoms with Gasteiger partial charge in [0.05, 0.1) is 19.9 Å². The van der Waals surface area contributed by atoms with Crippen molar-refractivity contribution in [2.45, 2.75) is 18.9 Å². The second-order valence-electron chi connectivity index (χ2n) is 5.97. The molecular weight excluding hydrogens is 393 g/mol. The molecule has 1 amide bonds. The number of carbonyl (C=O) groups is 1. The van der Waals surface area contributed by atoms with Crippen molar-refractivity contribution < 1.29 is 37.0 Å². The van der Waals surface area contributed by atoms with Crippen LogP contribution in [0.1, 0.15) is 12.0 Å². The molecule has 0 saturated carbocycles. The molecular formula is C19H17F3N2O5. The van der Waals surface area contributed by atoms with Crippen LogP contribution in [0.5, 0.6) is 17.2 Å². The zero-order chi connectivity index (χ0) is 21.0. The maximum Gasteiger partial charge on any atom is 0.573 e. The van der Waals surface area contributed by atoms with Gasteiger partial charge in [-0.3, -0.25) is 4.79 Å². The highest BCUT2D eigenvalue weighted by Crippen LogP contribution is 2.30. The van der Waals surface area contributed by atoms with E-state index in [4.69, 9.17) is 14.3 Å². The average molecular weight is 410 g/mol. The molecule has 0 saturated heterocycles. The lowest BCUT2D eigenvalue weighted by molar-refractivity contribution is -0.274. The van der Waals surface area contributed by atoms with E-state index in [0.717, 1.165) is 12.1 Å². The Morgan fingerprint density at radius 1 is 1.10 bits per heavy atom. The summed E-state index contributed by atoms with van der Waals surface area (Å²) in [5.74, 6) is 0.213. The van der Waals surface area contributed by atoms with Gasteiger partial charge >= 0.3 is 6.36 Å². The van der Waals surface area contributed by atoms with Crippen LogP contribution >= 0.6 is 0 Å². The summed E-state index contributed by atoms with van der Waals surface area (Å²) in [5.41, 5.74) is 1.57. The van der Waals surface area contributed by atoms with Gasteiger partial charge in [-0.15, -0.1) is 13.2 Å². The van der Waals surface area contributed by atoms with Crippen molar-refractivity contribution in [3.8, 4) is 17.2 Å². The molecule has 1 aliphatic rings. The van der Waals surface area contributed by atoms with Crippen LogP contribution in [-0.2, 0) is 9.63 Å². The molecule has 0 bridgehead atoms. The normalized spacial score (nSPS) is 15.9. The highest BCUT2D eigenvalue weighted by Gasteiger charge is 2.31. The Balaban J connectivity index is 1.60. The molecule has 0 fully saturated rings. The van der Waals surface area contributed by atoms with Gasteiger partial charge < -0.3 is 24.4 Å². The summed E-state index contributed by atoms with van der Waals surface area (Å²) < 4.78 is 50.8. The molecule has 0 aromatic heterocycles. The molecule has 1 N–H and O–H groups in total. The van der Waals surface area contributed by atoms with Crippen molar-refractivity contribution in [1.82, 2.24) is 0 Å². The smallest absolute Gasteiger partial charge is 0.493 e. The SMILES string of the molecule is COc1ccc(C2=NOC(C(=O)Nc3ccc(OC(F)(F)F)cc3)C2)cc1OC. The molecule has 1 unspecified atom stereocenters. The average Bonchev–Trinajstić information content (AvgIpc) is 3.18. The van der Waals surface area contributed by atoms with Crippen LogP contribution in [-0.4, -0.2) is 38.3 Å². The molecule has 1 heterocycles. The maximum atomic E-state index is 12.4. The van der Waals surface area contributed by atoms with Gasteiger partial charge in [-0.05, 0) is 42.5 Å². The molecule has 2 aromatic carbocycles. The molecule has 2 aromatic rings. The van der Waals surface area contributed by atoms with Crippen molar-refractivity contribution in [3.05, 3.63) is 48.0 Å². The molecule has 0 aliphatic carbocycles. The lowest BCUT2D eigenvalue weighted by Gasteiger charge is -2.12. The molecule has 7 nitrogen and oxygen atoms in total. The first kappa shape index (κ1) is 20.3. The molecule has 0 radical (unpaired) electrons. The molecule has 3 rings (SSSR count). The van der Waals surface area contributed by atoms with Crippen molar-refractivity contribution in [2.75, 3.05) is 19.5 Å². The summed E-state index contributed by atoms with van der Waals surface area (Å²) in [7, 11) is 3.03. The second kappa shape index (κ2) is 8.29. The van der Waals surface area contributed by atoms with E-state index in [2.05, 4.69) is 15.2 Å². The minimum absolute atomic E-state index is 0.219. The van der Waals surface area contributed by atoms with E-state index in [1.165, 1.54) is 26.4 Å². The van der Waals surface area contributed by atoms with Crippen LogP contribution in [0.4, 0.5) is 18.9 Å². The largest absolute Gasteiger partial charge is 0.573 e. The van der Waals surface area contributed by atoms with E-state index < -0.39 is 18.4 Å². The number of benzene rings is 2. The predicted molar refractivity (Wildman–Crippen MR) is 97.3 cm³/mol. The monoisotopic (exact) mass is 410 g/mol. The number of hydrogen-bond donors (Lipinski definition) is 1.